The second kappa shape index (κ2) is 12.3. The molecule has 2 heterocycles. The molecule has 6 nitrogen and oxygen atoms in total. The average molecular weight is 564 g/mol. The van der Waals surface area contributed by atoms with Gasteiger partial charge in [0.1, 0.15) is 11.0 Å². The lowest BCUT2D eigenvalue weighted by atomic mass is 10.1. The van der Waals surface area contributed by atoms with Crippen LogP contribution < -0.4 is 9.80 Å². The Balaban J connectivity index is 1.33. The summed E-state index contributed by atoms with van der Waals surface area (Å²) in [5.41, 5.74) is 1.45. The topological polar surface area (TPSA) is 52.6 Å². The van der Waals surface area contributed by atoms with Crippen molar-refractivity contribution in [2.24, 2.45) is 0 Å². The number of carbonyl (C=O) groups excluding carboxylic acids is 1. The molecule has 0 atom stereocenters. The zero-order valence-corrected chi connectivity index (χ0v) is 22.8. The van der Waals surface area contributed by atoms with E-state index in [1.807, 2.05) is 17.0 Å². The van der Waals surface area contributed by atoms with Crippen molar-refractivity contribution in [3.8, 4) is 0 Å². The van der Waals surface area contributed by atoms with Crippen LogP contribution in [0.2, 0.25) is 5.15 Å². The highest BCUT2D eigenvalue weighted by molar-refractivity contribution is 7.98. The number of nitrogens with zero attached hydrogens (tertiary/aromatic N) is 5. The molecule has 1 amide bonds. The van der Waals surface area contributed by atoms with E-state index in [0.29, 0.717) is 53.5 Å². The first-order chi connectivity index (χ1) is 18.2. The molecule has 0 aliphatic carbocycles. The number of anilines is 2. The molecule has 38 heavy (non-hydrogen) atoms. The third-order valence-corrected chi connectivity index (χ3v) is 7.53. The average Bonchev–Trinajstić information content (AvgIpc) is 2.92. The number of halogens is 4. The van der Waals surface area contributed by atoms with Crippen LogP contribution in [-0.4, -0.2) is 60.0 Å². The highest BCUT2D eigenvalue weighted by atomic mass is 35.5. The lowest BCUT2D eigenvalue weighted by Crippen LogP contribution is -2.48. The first-order valence-corrected chi connectivity index (χ1v) is 13.8. The molecule has 2 aromatic carbocycles. The van der Waals surface area contributed by atoms with Gasteiger partial charge in [0.15, 0.2) is 5.16 Å². The summed E-state index contributed by atoms with van der Waals surface area (Å²) in [6.45, 7) is 7.58. The van der Waals surface area contributed by atoms with Gasteiger partial charge in [0.25, 0.3) is 5.91 Å². The van der Waals surface area contributed by atoms with Gasteiger partial charge in [0, 0.05) is 62.3 Å². The molecule has 1 aliphatic heterocycles. The van der Waals surface area contributed by atoms with Gasteiger partial charge in [-0.2, -0.15) is 13.2 Å². The Hall–Kier alpha value is -2.98. The number of carbonyl (C=O) groups is 1. The van der Waals surface area contributed by atoms with Gasteiger partial charge in [-0.3, -0.25) is 4.79 Å². The molecule has 0 N–H and O–H groups in total. The van der Waals surface area contributed by atoms with Crippen LogP contribution in [0.3, 0.4) is 0 Å². The number of benzene rings is 2. The summed E-state index contributed by atoms with van der Waals surface area (Å²) in [6, 6.07) is 14.5. The van der Waals surface area contributed by atoms with E-state index < -0.39 is 11.7 Å². The van der Waals surface area contributed by atoms with Crippen LogP contribution in [0.25, 0.3) is 0 Å². The van der Waals surface area contributed by atoms with Crippen LogP contribution in [0.4, 0.5) is 24.7 Å². The van der Waals surface area contributed by atoms with E-state index in [-0.39, 0.29) is 5.91 Å². The van der Waals surface area contributed by atoms with Crippen molar-refractivity contribution >= 4 is 40.8 Å². The van der Waals surface area contributed by atoms with E-state index in [1.54, 1.807) is 29.2 Å². The van der Waals surface area contributed by atoms with E-state index in [0.717, 1.165) is 36.6 Å². The number of rotatable bonds is 8. The summed E-state index contributed by atoms with van der Waals surface area (Å²) in [4.78, 5) is 27.7. The molecule has 0 saturated carbocycles. The maximum absolute atomic E-state index is 13.1. The van der Waals surface area contributed by atoms with Gasteiger partial charge in [0.05, 0.1) is 5.56 Å². The molecule has 1 aliphatic rings. The Kier molecular flexibility index (Phi) is 9.04. The highest BCUT2D eigenvalue weighted by Gasteiger charge is 2.31. The van der Waals surface area contributed by atoms with Crippen molar-refractivity contribution in [2.75, 3.05) is 49.1 Å². The van der Waals surface area contributed by atoms with Crippen LogP contribution in [0.1, 0.15) is 35.3 Å². The molecule has 1 aromatic heterocycles. The van der Waals surface area contributed by atoms with Gasteiger partial charge in [-0.25, -0.2) is 9.97 Å². The summed E-state index contributed by atoms with van der Waals surface area (Å²) in [5, 5.41) is 0.997. The quantitative estimate of drug-likeness (QED) is 0.183. The molecule has 0 bridgehead atoms. The predicted molar refractivity (Wildman–Crippen MR) is 146 cm³/mol. The largest absolute Gasteiger partial charge is 0.416 e. The number of alkyl halides is 3. The van der Waals surface area contributed by atoms with Crippen molar-refractivity contribution in [1.29, 1.82) is 0 Å². The minimum atomic E-state index is -4.38. The number of hydrogen-bond acceptors (Lipinski definition) is 6. The second-order valence-corrected chi connectivity index (χ2v) is 10.1. The monoisotopic (exact) mass is 563 g/mol. The van der Waals surface area contributed by atoms with E-state index in [2.05, 4.69) is 28.7 Å². The second-order valence-electron chi connectivity index (χ2n) is 8.82. The van der Waals surface area contributed by atoms with Gasteiger partial charge >= 0.3 is 6.18 Å². The van der Waals surface area contributed by atoms with Crippen molar-refractivity contribution in [3.63, 3.8) is 0 Å². The number of hydrogen-bond donors (Lipinski definition) is 0. The Morgan fingerprint density at radius 2 is 1.68 bits per heavy atom. The third-order valence-electron chi connectivity index (χ3n) is 6.42. The molecule has 0 radical (unpaired) electrons. The van der Waals surface area contributed by atoms with Crippen LogP contribution in [-0.2, 0) is 11.9 Å². The molecule has 202 valence electrons. The highest BCUT2D eigenvalue weighted by Crippen LogP contribution is 2.32. The third kappa shape index (κ3) is 6.91. The molecule has 0 unspecified atom stereocenters. The maximum atomic E-state index is 13.1. The lowest BCUT2D eigenvalue weighted by molar-refractivity contribution is -0.137. The Labute approximate surface area is 229 Å². The fraction of sp³-hybridized carbons (Fsp3) is 0.370. The summed E-state index contributed by atoms with van der Waals surface area (Å²) in [7, 11) is 0. The summed E-state index contributed by atoms with van der Waals surface area (Å²) in [5.74, 6) is 1.34. The Bertz CT molecular complexity index is 1250. The molecule has 11 heteroatoms. The van der Waals surface area contributed by atoms with Gasteiger partial charge < -0.3 is 14.7 Å². The van der Waals surface area contributed by atoms with E-state index in [1.165, 1.54) is 17.8 Å². The number of aromatic nitrogens is 2. The van der Waals surface area contributed by atoms with Crippen molar-refractivity contribution in [2.45, 2.75) is 30.9 Å². The van der Waals surface area contributed by atoms with E-state index >= 15 is 0 Å². The van der Waals surface area contributed by atoms with Gasteiger partial charge in [-0.1, -0.05) is 41.6 Å². The molecule has 1 saturated heterocycles. The van der Waals surface area contributed by atoms with Crippen LogP contribution in [0.5, 0.6) is 0 Å². The number of thioether (sulfide) groups is 1. The lowest BCUT2D eigenvalue weighted by Gasteiger charge is -2.36. The molecule has 4 rings (SSSR count). The summed E-state index contributed by atoms with van der Waals surface area (Å²) in [6.07, 6.45) is -4.38. The van der Waals surface area contributed by atoms with E-state index in [9.17, 15) is 18.0 Å². The maximum Gasteiger partial charge on any atom is 0.416 e. The van der Waals surface area contributed by atoms with Crippen LogP contribution in [0.15, 0.2) is 59.8 Å². The fourth-order valence-electron chi connectivity index (χ4n) is 4.28. The molecule has 0 spiro atoms. The first kappa shape index (κ1) is 28.0. The smallest absolute Gasteiger partial charge is 0.368 e. The Morgan fingerprint density at radius 3 is 2.32 bits per heavy atom. The van der Waals surface area contributed by atoms with Crippen molar-refractivity contribution < 1.29 is 18.0 Å². The van der Waals surface area contributed by atoms with Crippen molar-refractivity contribution in [3.05, 3.63) is 76.4 Å². The standard InChI is InChI=1S/C27H29ClF3N5OS/c1-3-34(4-2)24-17-23(28)32-26(33-24)38-18-19-8-10-20(11-9-19)25(37)36-14-12-35(13-15-36)22-7-5-6-21(16-22)27(29,30)31/h5-11,16-17H,3-4,12-15,18H2,1-2H3. The van der Waals surface area contributed by atoms with Gasteiger partial charge in [0.2, 0.25) is 0 Å². The minimum Gasteiger partial charge on any atom is -0.368 e. The first-order valence-electron chi connectivity index (χ1n) is 12.4. The molecular weight excluding hydrogens is 535 g/mol. The molecule has 3 aromatic rings. The molecule has 1 fully saturated rings. The minimum absolute atomic E-state index is 0.0880. The van der Waals surface area contributed by atoms with E-state index in [4.69, 9.17) is 11.6 Å². The SMILES string of the molecule is CCN(CC)c1cc(Cl)nc(SCc2ccc(C(=O)N3CCN(c4cccc(C(F)(F)F)c4)CC3)cc2)n1. The van der Waals surface area contributed by atoms with Gasteiger partial charge in [-0.05, 0) is 49.7 Å². The zero-order chi connectivity index (χ0) is 27.3. The van der Waals surface area contributed by atoms with Crippen LogP contribution in [0, 0.1) is 0 Å². The van der Waals surface area contributed by atoms with Gasteiger partial charge in [-0.15, -0.1) is 0 Å². The predicted octanol–water partition coefficient (Wildman–Crippen LogP) is 6.25. The normalized spacial score (nSPS) is 14.1. The Morgan fingerprint density at radius 1 is 1.00 bits per heavy atom. The number of piperazine rings is 1. The molecular formula is C27H29ClF3N5OS. The summed E-state index contributed by atoms with van der Waals surface area (Å²) < 4.78 is 39.2. The fourth-order valence-corrected chi connectivity index (χ4v) is 5.32. The van der Waals surface area contributed by atoms with Crippen molar-refractivity contribution in [1.82, 2.24) is 14.9 Å². The van der Waals surface area contributed by atoms with Crippen LogP contribution >= 0.6 is 23.4 Å². The zero-order valence-electron chi connectivity index (χ0n) is 21.2. The number of amides is 1. The summed E-state index contributed by atoms with van der Waals surface area (Å²) >= 11 is 7.69.